The number of alkyl halides is 1. The predicted molar refractivity (Wildman–Crippen MR) is 83.3 cm³/mol. The third-order valence-corrected chi connectivity index (χ3v) is 3.19. The van der Waals surface area contributed by atoms with E-state index in [0.29, 0.717) is 11.4 Å². The second-order valence-electron chi connectivity index (χ2n) is 4.33. The number of nitrogens with one attached hydrogen (secondary N) is 2. The number of urea groups is 1. The first-order valence-corrected chi connectivity index (χ1v) is 6.66. The Kier molecular flexibility index (Phi) is 4.79. The Bertz CT molecular complexity index is 629. The van der Waals surface area contributed by atoms with Gasteiger partial charge in [0.05, 0.1) is 0 Å². The highest BCUT2D eigenvalue weighted by molar-refractivity contribution is 6.32. The molecule has 2 aromatic carbocycles. The number of amides is 3. The lowest BCUT2D eigenvalue weighted by Gasteiger charge is -2.11. The lowest BCUT2D eigenvalue weighted by Crippen LogP contribution is -2.19. The van der Waals surface area contributed by atoms with Crippen molar-refractivity contribution in [1.82, 2.24) is 0 Å². The van der Waals surface area contributed by atoms with Gasteiger partial charge in [0.25, 0.3) is 0 Å². The molecule has 108 valence electrons. The summed E-state index contributed by atoms with van der Waals surface area (Å²) in [5.41, 5.74) is 6.86. The smallest absolute Gasteiger partial charge is 0.316 e. The second-order valence-corrected chi connectivity index (χ2v) is 4.77. The Morgan fingerprint density at radius 2 is 1.43 bits per heavy atom. The van der Waals surface area contributed by atoms with Gasteiger partial charge in [-0.3, -0.25) is 4.79 Å². The van der Waals surface area contributed by atoms with Crippen molar-refractivity contribution in [2.75, 3.05) is 10.6 Å². The summed E-state index contributed by atoms with van der Waals surface area (Å²) in [5, 5.41) is 4.37. The minimum absolute atomic E-state index is 0.321. The molecule has 0 aromatic heterocycles. The van der Waals surface area contributed by atoms with Crippen LogP contribution in [0.1, 0.15) is 10.9 Å². The molecule has 0 aliphatic heterocycles. The number of benzene rings is 2. The highest BCUT2D eigenvalue weighted by atomic mass is 35.5. The molecule has 1 unspecified atom stereocenters. The van der Waals surface area contributed by atoms with Crippen molar-refractivity contribution < 1.29 is 9.59 Å². The average molecular weight is 304 g/mol. The molecule has 21 heavy (non-hydrogen) atoms. The number of halogens is 1. The van der Waals surface area contributed by atoms with E-state index in [-0.39, 0.29) is 5.91 Å². The van der Waals surface area contributed by atoms with Gasteiger partial charge in [0.15, 0.2) is 0 Å². The molecule has 0 aliphatic rings. The Balaban J connectivity index is 2.01. The minimum Gasteiger partial charge on any atom is -0.351 e. The van der Waals surface area contributed by atoms with E-state index >= 15 is 0 Å². The summed E-state index contributed by atoms with van der Waals surface area (Å²) in [6, 6.07) is 15.0. The van der Waals surface area contributed by atoms with Gasteiger partial charge < -0.3 is 16.4 Å². The van der Waals surface area contributed by atoms with Crippen LogP contribution in [-0.2, 0) is 4.79 Å². The second kappa shape index (κ2) is 6.76. The number of primary amides is 1. The van der Waals surface area contributed by atoms with Crippen LogP contribution >= 0.6 is 11.6 Å². The van der Waals surface area contributed by atoms with E-state index in [9.17, 15) is 9.59 Å². The van der Waals surface area contributed by atoms with Crippen LogP contribution in [0.25, 0.3) is 0 Å². The van der Waals surface area contributed by atoms with Gasteiger partial charge in [-0.05, 0) is 29.8 Å². The summed E-state index contributed by atoms with van der Waals surface area (Å²) < 4.78 is 0. The zero-order valence-corrected chi connectivity index (χ0v) is 11.8. The number of nitrogens with two attached hydrogens (primary N) is 1. The highest BCUT2D eigenvalue weighted by Crippen LogP contribution is 2.22. The lowest BCUT2D eigenvalue weighted by molar-refractivity contribution is -0.116. The fraction of sp³-hybridized carbons (Fsp3) is 0.0667. The van der Waals surface area contributed by atoms with Crippen molar-refractivity contribution in [3.8, 4) is 0 Å². The summed E-state index contributed by atoms with van der Waals surface area (Å²) in [7, 11) is 0. The molecular formula is C15H14ClN3O2. The number of carbonyl (C=O) groups excluding carboxylic acids is 2. The number of carbonyl (C=O) groups is 2. The molecule has 0 heterocycles. The van der Waals surface area contributed by atoms with Gasteiger partial charge in [-0.2, -0.15) is 0 Å². The van der Waals surface area contributed by atoms with Crippen molar-refractivity contribution in [2.45, 2.75) is 5.38 Å². The molecule has 3 amide bonds. The molecule has 5 nitrogen and oxygen atoms in total. The van der Waals surface area contributed by atoms with E-state index in [1.54, 1.807) is 36.4 Å². The fourth-order valence-electron chi connectivity index (χ4n) is 1.76. The molecule has 0 fully saturated rings. The maximum atomic E-state index is 12.0. The number of rotatable bonds is 4. The van der Waals surface area contributed by atoms with Gasteiger partial charge in [-0.1, -0.05) is 30.3 Å². The minimum atomic E-state index is -0.769. The summed E-state index contributed by atoms with van der Waals surface area (Å²) in [6.07, 6.45) is 0. The van der Waals surface area contributed by atoms with Crippen LogP contribution in [0.2, 0.25) is 0 Å². The maximum absolute atomic E-state index is 12.0. The van der Waals surface area contributed by atoms with Crippen LogP contribution in [-0.4, -0.2) is 11.9 Å². The van der Waals surface area contributed by atoms with Crippen molar-refractivity contribution in [2.24, 2.45) is 5.73 Å². The van der Waals surface area contributed by atoms with Gasteiger partial charge in [-0.15, -0.1) is 11.6 Å². The lowest BCUT2D eigenvalue weighted by atomic mass is 10.1. The van der Waals surface area contributed by atoms with Gasteiger partial charge in [-0.25, -0.2) is 4.79 Å². The summed E-state index contributed by atoms with van der Waals surface area (Å²) >= 11 is 6.12. The van der Waals surface area contributed by atoms with Crippen molar-refractivity contribution in [1.29, 1.82) is 0 Å². The van der Waals surface area contributed by atoms with E-state index in [1.807, 2.05) is 18.2 Å². The Hall–Kier alpha value is -2.53. The van der Waals surface area contributed by atoms with Crippen LogP contribution in [0.4, 0.5) is 16.2 Å². The Labute approximate surface area is 127 Å². The van der Waals surface area contributed by atoms with Crippen LogP contribution in [0.3, 0.4) is 0 Å². The molecule has 6 heteroatoms. The first-order chi connectivity index (χ1) is 10.1. The van der Waals surface area contributed by atoms with Crippen molar-refractivity contribution in [3.63, 3.8) is 0 Å². The van der Waals surface area contributed by atoms with Crippen LogP contribution in [0.5, 0.6) is 0 Å². The van der Waals surface area contributed by atoms with Gasteiger partial charge in [0, 0.05) is 11.4 Å². The van der Waals surface area contributed by atoms with Crippen molar-refractivity contribution >= 4 is 34.9 Å². The van der Waals surface area contributed by atoms with Crippen LogP contribution in [0.15, 0.2) is 54.6 Å². The van der Waals surface area contributed by atoms with Crippen LogP contribution in [0, 0.1) is 0 Å². The zero-order valence-electron chi connectivity index (χ0n) is 11.0. The van der Waals surface area contributed by atoms with E-state index in [0.717, 1.165) is 5.56 Å². The SMILES string of the molecule is NC(=O)Nc1ccc(NC(=O)C(Cl)c2ccccc2)cc1. The van der Waals surface area contributed by atoms with Crippen LogP contribution < -0.4 is 16.4 Å². The largest absolute Gasteiger partial charge is 0.351 e. The molecule has 0 radical (unpaired) electrons. The van der Waals surface area contributed by atoms with E-state index < -0.39 is 11.4 Å². The quantitative estimate of drug-likeness (QED) is 0.758. The summed E-state index contributed by atoms with van der Waals surface area (Å²) in [5.74, 6) is -0.321. The van der Waals surface area contributed by atoms with E-state index in [1.165, 1.54) is 0 Å². The number of anilines is 2. The molecule has 0 aliphatic carbocycles. The first-order valence-electron chi connectivity index (χ1n) is 6.22. The molecule has 0 bridgehead atoms. The van der Waals surface area contributed by atoms with Gasteiger partial charge in [0.1, 0.15) is 5.38 Å². The summed E-state index contributed by atoms with van der Waals surface area (Å²) in [6.45, 7) is 0. The van der Waals surface area contributed by atoms with Gasteiger partial charge in [0.2, 0.25) is 5.91 Å². The molecule has 2 rings (SSSR count). The molecule has 0 saturated carbocycles. The fourth-order valence-corrected chi connectivity index (χ4v) is 1.96. The summed E-state index contributed by atoms with van der Waals surface area (Å²) in [4.78, 5) is 22.7. The molecule has 4 N–H and O–H groups in total. The first kappa shape index (κ1) is 14.9. The highest BCUT2D eigenvalue weighted by Gasteiger charge is 2.17. The zero-order chi connectivity index (χ0) is 15.2. The Morgan fingerprint density at radius 1 is 0.905 bits per heavy atom. The number of hydrogen-bond acceptors (Lipinski definition) is 2. The maximum Gasteiger partial charge on any atom is 0.316 e. The molecule has 0 spiro atoms. The molecule has 2 aromatic rings. The standard InChI is InChI=1S/C15H14ClN3O2/c16-13(10-4-2-1-3-5-10)14(20)18-11-6-8-12(9-7-11)19-15(17)21/h1-9,13H,(H,18,20)(H3,17,19,21). The molecule has 1 atom stereocenters. The normalized spacial score (nSPS) is 11.5. The number of hydrogen-bond donors (Lipinski definition) is 3. The predicted octanol–water partition coefficient (Wildman–Crippen LogP) is 3.10. The third-order valence-electron chi connectivity index (χ3n) is 2.74. The van der Waals surface area contributed by atoms with E-state index in [4.69, 9.17) is 17.3 Å². The average Bonchev–Trinajstić information content (AvgIpc) is 2.49. The monoisotopic (exact) mass is 303 g/mol. The van der Waals surface area contributed by atoms with Gasteiger partial charge >= 0.3 is 6.03 Å². The van der Waals surface area contributed by atoms with Crippen molar-refractivity contribution in [3.05, 3.63) is 60.2 Å². The topological polar surface area (TPSA) is 84.2 Å². The molecular weight excluding hydrogens is 290 g/mol. The van der Waals surface area contributed by atoms with E-state index in [2.05, 4.69) is 10.6 Å². The third kappa shape index (κ3) is 4.22. The molecule has 0 saturated heterocycles. The Morgan fingerprint density at radius 3 is 1.95 bits per heavy atom.